The lowest BCUT2D eigenvalue weighted by atomic mass is 9.78. The van der Waals surface area contributed by atoms with Gasteiger partial charge in [-0.2, -0.15) is 18.2 Å². The number of H-pyrrole nitrogens is 1. The van der Waals surface area contributed by atoms with E-state index in [-0.39, 0.29) is 23.0 Å². The molecule has 1 aromatic rings. The van der Waals surface area contributed by atoms with Crippen molar-refractivity contribution in [3.05, 3.63) is 10.6 Å². The zero-order valence-electron chi connectivity index (χ0n) is 9.50. The van der Waals surface area contributed by atoms with Crippen LogP contribution in [-0.4, -0.2) is 21.1 Å². The highest BCUT2D eigenvalue weighted by molar-refractivity contribution is 7.71. The molecule has 1 aliphatic carbocycles. The van der Waals surface area contributed by atoms with Crippen LogP contribution in [0.25, 0.3) is 0 Å². The van der Waals surface area contributed by atoms with Crippen molar-refractivity contribution in [3.8, 4) is 0 Å². The van der Waals surface area contributed by atoms with E-state index < -0.39 is 18.0 Å². The van der Waals surface area contributed by atoms with Crippen LogP contribution in [-0.2, 0) is 0 Å². The highest BCUT2D eigenvalue weighted by Crippen LogP contribution is 2.45. The Morgan fingerprint density at radius 1 is 1.22 bits per heavy atom. The summed E-state index contributed by atoms with van der Waals surface area (Å²) in [6.45, 7) is 0. The van der Waals surface area contributed by atoms with Crippen molar-refractivity contribution in [3.63, 3.8) is 0 Å². The van der Waals surface area contributed by atoms with Crippen LogP contribution in [0.3, 0.4) is 0 Å². The van der Waals surface area contributed by atoms with Crippen molar-refractivity contribution < 1.29 is 13.2 Å². The zero-order chi connectivity index (χ0) is 13.3. The van der Waals surface area contributed by atoms with Crippen molar-refractivity contribution >= 4 is 18.2 Å². The molecule has 1 heterocycles. The molecule has 0 aromatic carbocycles. The van der Waals surface area contributed by atoms with Gasteiger partial charge in [0.1, 0.15) is 5.82 Å². The monoisotopic (exact) mass is 278 g/mol. The maximum Gasteiger partial charge on any atom is 0.392 e. The largest absolute Gasteiger partial charge is 0.392 e. The van der Waals surface area contributed by atoms with E-state index in [0.717, 1.165) is 6.42 Å². The molecular formula is C10H13F3N4S. The first-order chi connectivity index (χ1) is 8.38. The summed E-state index contributed by atoms with van der Waals surface area (Å²) in [6.07, 6.45) is -2.32. The summed E-state index contributed by atoms with van der Waals surface area (Å²) in [5.74, 6) is -1.87. The van der Waals surface area contributed by atoms with E-state index in [4.69, 9.17) is 18.0 Å². The lowest BCUT2D eigenvalue weighted by molar-refractivity contribution is -0.187. The molecule has 1 saturated carbocycles. The molecule has 8 heteroatoms. The summed E-state index contributed by atoms with van der Waals surface area (Å²) >= 11 is 4.78. The van der Waals surface area contributed by atoms with Gasteiger partial charge in [0.2, 0.25) is 10.7 Å². The topological polar surface area (TPSA) is 67.6 Å². The quantitative estimate of drug-likeness (QED) is 0.775. The first kappa shape index (κ1) is 13.3. The van der Waals surface area contributed by atoms with Gasteiger partial charge in [0.15, 0.2) is 0 Å². The summed E-state index contributed by atoms with van der Waals surface area (Å²) in [5, 5.41) is 0. The summed E-state index contributed by atoms with van der Waals surface area (Å²) in [5.41, 5.74) is 5.47. The molecule has 1 aromatic heterocycles. The van der Waals surface area contributed by atoms with E-state index in [9.17, 15) is 13.2 Å². The van der Waals surface area contributed by atoms with E-state index in [1.807, 2.05) is 0 Å². The third-order valence-electron chi connectivity index (χ3n) is 3.23. The number of nitrogens with two attached hydrogens (primary N) is 1. The lowest BCUT2D eigenvalue weighted by Crippen LogP contribution is -2.32. The average Bonchev–Trinajstić information content (AvgIpc) is 2.26. The summed E-state index contributed by atoms with van der Waals surface area (Å²) < 4.78 is 38.9. The van der Waals surface area contributed by atoms with Gasteiger partial charge in [-0.15, -0.1) is 0 Å². The van der Waals surface area contributed by atoms with Crippen LogP contribution in [0.2, 0.25) is 0 Å². The molecule has 3 N–H and O–H groups in total. The Kier molecular flexibility index (Phi) is 3.56. The van der Waals surface area contributed by atoms with Gasteiger partial charge < -0.3 is 10.7 Å². The minimum absolute atomic E-state index is 0.0106. The van der Waals surface area contributed by atoms with Gasteiger partial charge in [-0.1, -0.05) is 12.8 Å². The fourth-order valence-electron chi connectivity index (χ4n) is 2.44. The minimum Gasteiger partial charge on any atom is -0.369 e. The third-order valence-corrected chi connectivity index (χ3v) is 3.41. The number of alkyl halides is 3. The fraction of sp³-hybridized carbons (Fsp3) is 0.700. The van der Waals surface area contributed by atoms with Gasteiger partial charge in [-0.25, -0.2) is 4.98 Å². The molecule has 2 atom stereocenters. The number of aromatic amines is 1. The first-order valence-corrected chi connectivity index (χ1v) is 6.09. The van der Waals surface area contributed by atoms with Crippen molar-refractivity contribution in [1.82, 2.24) is 15.0 Å². The Hall–Kier alpha value is -1.18. The molecule has 100 valence electrons. The number of halogens is 3. The van der Waals surface area contributed by atoms with Gasteiger partial charge in [0.05, 0.1) is 5.92 Å². The second-order valence-electron chi connectivity index (χ2n) is 4.44. The lowest BCUT2D eigenvalue weighted by Gasteiger charge is -2.32. The second-order valence-corrected chi connectivity index (χ2v) is 4.81. The predicted molar refractivity (Wildman–Crippen MR) is 62.4 cm³/mol. The van der Waals surface area contributed by atoms with Gasteiger partial charge in [-0.3, -0.25) is 0 Å². The Labute approximate surface area is 107 Å². The molecule has 0 bridgehead atoms. The van der Waals surface area contributed by atoms with Gasteiger partial charge in [0.25, 0.3) is 0 Å². The molecule has 0 spiro atoms. The SMILES string of the molecule is Nc1nc(=S)nc(C2CCCCC2C(F)(F)F)[nH]1. The maximum atomic E-state index is 13.0. The molecule has 18 heavy (non-hydrogen) atoms. The molecule has 0 amide bonds. The molecule has 0 aliphatic heterocycles. The van der Waals surface area contributed by atoms with E-state index >= 15 is 0 Å². The van der Waals surface area contributed by atoms with Crippen LogP contribution >= 0.6 is 12.2 Å². The first-order valence-electron chi connectivity index (χ1n) is 5.68. The van der Waals surface area contributed by atoms with E-state index in [2.05, 4.69) is 15.0 Å². The maximum absolute atomic E-state index is 13.0. The van der Waals surface area contributed by atoms with Crippen molar-refractivity contribution in [2.24, 2.45) is 5.92 Å². The van der Waals surface area contributed by atoms with Crippen LogP contribution in [0.5, 0.6) is 0 Å². The molecule has 1 aliphatic rings. The number of rotatable bonds is 1. The summed E-state index contributed by atoms with van der Waals surface area (Å²) in [4.78, 5) is 10.2. The van der Waals surface area contributed by atoms with E-state index in [1.165, 1.54) is 0 Å². The Morgan fingerprint density at radius 3 is 2.50 bits per heavy atom. The molecule has 2 unspecified atom stereocenters. The van der Waals surface area contributed by atoms with Gasteiger partial charge >= 0.3 is 6.18 Å². The zero-order valence-corrected chi connectivity index (χ0v) is 10.3. The van der Waals surface area contributed by atoms with Gasteiger partial charge in [0, 0.05) is 5.92 Å². The number of aromatic nitrogens is 3. The molecule has 1 fully saturated rings. The molecule has 4 nitrogen and oxygen atoms in total. The number of nitrogens with one attached hydrogen (secondary N) is 1. The molecule has 0 saturated heterocycles. The molecule has 0 radical (unpaired) electrons. The summed E-state index contributed by atoms with van der Waals surface area (Å²) in [7, 11) is 0. The van der Waals surface area contributed by atoms with Crippen molar-refractivity contribution in [2.75, 3.05) is 5.73 Å². The number of nitrogens with zero attached hydrogens (tertiary/aromatic N) is 2. The smallest absolute Gasteiger partial charge is 0.369 e. The fourth-order valence-corrected chi connectivity index (χ4v) is 2.64. The van der Waals surface area contributed by atoms with Crippen LogP contribution in [0.4, 0.5) is 19.1 Å². The van der Waals surface area contributed by atoms with E-state index in [0.29, 0.717) is 12.8 Å². The number of nitrogen functional groups attached to an aromatic ring is 1. The Morgan fingerprint density at radius 2 is 1.89 bits per heavy atom. The third kappa shape index (κ3) is 2.80. The normalized spacial score (nSPS) is 25.1. The average molecular weight is 278 g/mol. The molecular weight excluding hydrogens is 265 g/mol. The summed E-state index contributed by atoms with van der Waals surface area (Å²) in [6, 6.07) is 0. The Bertz CT molecular complexity index is 485. The van der Waals surface area contributed by atoms with Crippen LogP contribution < -0.4 is 5.73 Å². The second kappa shape index (κ2) is 4.83. The van der Waals surface area contributed by atoms with Crippen LogP contribution in [0.15, 0.2) is 0 Å². The van der Waals surface area contributed by atoms with E-state index in [1.54, 1.807) is 0 Å². The molecule has 2 rings (SSSR count). The standard InChI is InChI=1S/C10H13F3N4S/c11-10(12,13)6-4-2-1-3-5(6)7-15-8(14)17-9(18)16-7/h5-6H,1-4H2,(H3,14,15,16,17,18). The predicted octanol–water partition coefficient (Wildman–Crippen LogP) is 2.95. The van der Waals surface area contributed by atoms with Crippen molar-refractivity contribution in [1.29, 1.82) is 0 Å². The van der Waals surface area contributed by atoms with Crippen molar-refractivity contribution in [2.45, 2.75) is 37.8 Å². The number of anilines is 1. The Balaban J connectivity index is 2.36. The number of hydrogen-bond donors (Lipinski definition) is 2. The highest BCUT2D eigenvalue weighted by Gasteiger charge is 2.46. The minimum atomic E-state index is -4.22. The van der Waals surface area contributed by atoms with Crippen LogP contribution in [0.1, 0.15) is 37.4 Å². The number of hydrogen-bond acceptors (Lipinski definition) is 4. The van der Waals surface area contributed by atoms with Crippen LogP contribution in [0, 0.1) is 10.7 Å². The highest BCUT2D eigenvalue weighted by atomic mass is 32.1. The van der Waals surface area contributed by atoms with Gasteiger partial charge in [-0.05, 0) is 25.1 Å².